The van der Waals surface area contributed by atoms with Crippen molar-refractivity contribution in [1.29, 1.82) is 0 Å². The van der Waals surface area contributed by atoms with Gasteiger partial charge in [-0.2, -0.15) is 0 Å². The summed E-state index contributed by atoms with van der Waals surface area (Å²) >= 11 is 0. The van der Waals surface area contributed by atoms with Gasteiger partial charge >= 0.3 is 0 Å². The first kappa shape index (κ1) is 11.7. The fraction of sp³-hybridized carbons (Fsp3) is 0.308. The number of nitrogens with zero attached hydrogens (tertiary/aromatic N) is 3. The average molecular weight is 228 g/mol. The molecule has 0 aliphatic carbocycles. The molecule has 0 aliphatic heterocycles. The summed E-state index contributed by atoms with van der Waals surface area (Å²) in [6, 6.07) is 3.86. The van der Waals surface area contributed by atoms with Crippen LogP contribution in [-0.4, -0.2) is 15.0 Å². The van der Waals surface area contributed by atoms with Gasteiger partial charge in [0.15, 0.2) is 5.82 Å². The smallest absolute Gasteiger partial charge is 0.178 e. The summed E-state index contributed by atoms with van der Waals surface area (Å²) in [5.41, 5.74) is 9.62. The van der Waals surface area contributed by atoms with Crippen molar-refractivity contribution in [2.45, 2.75) is 26.8 Å². The molecule has 0 aliphatic rings. The molecule has 1 atom stereocenters. The number of nitrogens with two attached hydrogens (primary N) is 1. The van der Waals surface area contributed by atoms with Crippen LogP contribution in [0.5, 0.6) is 0 Å². The molecule has 2 heterocycles. The molecule has 17 heavy (non-hydrogen) atoms. The van der Waals surface area contributed by atoms with E-state index in [0.29, 0.717) is 5.82 Å². The molecule has 0 unspecified atom stereocenters. The van der Waals surface area contributed by atoms with Crippen molar-refractivity contribution in [3.63, 3.8) is 0 Å². The van der Waals surface area contributed by atoms with Gasteiger partial charge in [0, 0.05) is 29.7 Å². The highest BCUT2D eigenvalue weighted by molar-refractivity contribution is 5.54. The van der Waals surface area contributed by atoms with E-state index in [-0.39, 0.29) is 6.04 Å². The zero-order valence-electron chi connectivity index (χ0n) is 10.3. The van der Waals surface area contributed by atoms with Gasteiger partial charge in [0.2, 0.25) is 0 Å². The van der Waals surface area contributed by atoms with Crippen LogP contribution in [0.4, 0.5) is 0 Å². The Morgan fingerprint density at radius 2 is 2.00 bits per heavy atom. The molecule has 0 amide bonds. The van der Waals surface area contributed by atoms with Gasteiger partial charge in [0.05, 0.1) is 0 Å². The molecule has 0 bridgehead atoms. The van der Waals surface area contributed by atoms with Crippen molar-refractivity contribution in [2.24, 2.45) is 5.73 Å². The lowest BCUT2D eigenvalue weighted by atomic mass is 10.1. The average Bonchev–Trinajstić information content (AvgIpc) is 2.29. The van der Waals surface area contributed by atoms with Crippen LogP contribution in [0.25, 0.3) is 11.5 Å². The minimum absolute atomic E-state index is 0.0473. The van der Waals surface area contributed by atoms with Gasteiger partial charge in [-0.25, -0.2) is 9.97 Å². The van der Waals surface area contributed by atoms with Crippen molar-refractivity contribution >= 4 is 0 Å². The van der Waals surface area contributed by atoms with Gasteiger partial charge in [-0.05, 0) is 32.4 Å². The fourth-order valence-electron chi connectivity index (χ4n) is 1.76. The normalized spacial score (nSPS) is 12.5. The Morgan fingerprint density at radius 1 is 1.24 bits per heavy atom. The summed E-state index contributed by atoms with van der Waals surface area (Å²) in [7, 11) is 0. The zero-order chi connectivity index (χ0) is 12.4. The number of aromatic nitrogens is 3. The minimum Gasteiger partial charge on any atom is -0.324 e. The monoisotopic (exact) mass is 228 g/mol. The van der Waals surface area contributed by atoms with Crippen molar-refractivity contribution < 1.29 is 0 Å². The van der Waals surface area contributed by atoms with E-state index in [1.807, 2.05) is 32.9 Å². The van der Waals surface area contributed by atoms with E-state index in [4.69, 9.17) is 5.73 Å². The lowest BCUT2D eigenvalue weighted by Gasteiger charge is -2.10. The molecule has 0 radical (unpaired) electrons. The highest BCUT2D eigenvalue weighted by Crippen LogP contribution is 2.19. The summed E-state index contributed by atoms with van der Waals surface area (Å²) in [5.74, 6) is 0.657. The third-order valence-electron chi connectivity index (χ3n) is 2.73. The third-order valence-corrected chi connectivity index (χ3v) is 2.73. The summed E-state index contributed by atoms with van der Waals surface area (Å²) in [5, 5.41) is 0. The second kappa shape index (κ2) is 4.59. The third kappa shape index (κ3) is 2.31. The Kier molecular flexibility index (Phi) is 3.15. The maximum atomic E-state index is 5.84. The number of pyridine rings is 1. The first-order valence-corrected chi connectivity index (χ1v) is 5.60. The number of hydrogen-bond donors (Lipinski definition) is 1. The molecule has 2 N–H and O–H groups in total. The highest BCUT2D eigenvalue weighted by Gasteiger charge is 2.10. The summed E-state index contributed by atoms with van der Waals surface area (Å²) in [4.78, 5) is 13.1. The molecule has 2 aromatic rings. The molecule has 4 nitrogen and oxygen atoms in total. The molecule has 0 aromatic carbocycles. The van der Waals surface area contributed by atoms with Crippen LogP contribution in [0, 0.1) is 13.8 Å². The lowest BCUT2D eigenvalue weighted by molar-refractivity contribution is 0.789. The molecule has 4 heteroatoms. The van der Waals surface area contributed by atoms with Gasteiger partial charge in [-0.15, -0.1) is 0 Å². The van der Waals surface area contributed by atoms with Gasteiger partial charge in [-0.3, -0.25) is 4.98 Å². The first-order chi connectivity index (χ1) is 8.09. The van der Waals surface area contributed by atoms with Crippen LogP contribution in [-0.2, 0) is 0 Å². The van der Waals surface area contributed by atoms with Crippen LogP contribution < -0.4 is 5.73 Å². The van der Waals surface area contributed by atoms with Crippen molar-refractivity contribution in [1.82, 2.24) is 15.0 Å². The Labute approximate surface area is 101 Å². The van der Waals surface area contributed by atoms with Crippen LogP contribution in [0.15, 0.2) is 24.5 Å². The van der Waals surface area contributed by atoms with E-state index in [2.05, 4.69) is 15.0 Å². The van der Waals surface area contributed by atoms with Crippen molar-refractivity contribution in [2.75, 3.05) is 0 Å². The van der Waals surface area contributed by atoms with Crippen molar-refractivity contribution in [3.8, 4) is 11.5 Å². The van der Waals surface area contributed by atoms with E-state index in [1.165, 1.54) is 0 Å². The Hall–Kier alpha value is -1.81. The second-order valence-corrected chi connectivity index (χ2v) is 4.19. The van der Waals surface area contributed by atoms with E-state index in [0.717, 1.165) is 22.5 Å². The molecule has 0 saturated heterocycles. The van der Waals surface area contributed by atoms with E-state index >= 15 is 0 Å². The van der Waals surface area contributed by atoms with Crippen LogP contribution in [0.3, 0.4) is 0 Å². The molecular weight excluding hydrogens is 212 g/mol. The number of aryl methyl sites for hydroxylation is 2. The van der Waals surface area contributed by atoms with Gasteiger partial charge in [0.25, 0.3) is 0 Å². The molecule has 0 spiro atoms. The maximum absolute atomic E-state index is 5.84. The minimum atomic E-state index is -0.0473. The van der Waals surface area contributed by atoms with Gasteiger partial charge < -0.3 is 5.73 Å². The largest absolute Gasteiger partial charge is 0.324 e. The lowest BCUT2D eigenvalue weighted by Crippen LogP contribution is -2.09. The SMILES string of the molecule is Cc1cccnc1-c1ncc([C@H](C)N)c(C)n1. The van der Waals surface area contributed by atoms with Gasteiger partial charge in [0.1, 0.15) is 5.69 Å². The maximum Gasteiger partial charge on any atom is 0.178 e. The van der Waals surface area contributed by atoms with Crippen molar-refractivity contribution in [3.05, 3.63) is 41.3 Å². The predicted octanol–water partition coefficient (Wildman–Crippen LogP) is 2.18. The molecule has 88 valence electrons. The van der Waals surface area contributed by atoms with Gasteiger partial charge in [-0.1, -0.05) is 6.07 Å². The number of rotatable bonds is 2. The Bertz CT molecular complexity index is 535. The van der Waals surface area contributed by atoms with Crippen LogP contribution in [0.1, 0.15) is 29.8 Å². The van der Waals surface area contributed by atoms with E-state index in [9.17, 15) is 0 Å². The van der Waals surface area contributed by atoms with Crippen LogP contribution in [0.2, 0.25) is 0 Å². The van der Waals surface area contributed by atoms with E-state index in [1.54, 1.807) is 12.4 Å². The summed E-state index contributed by atoms with van der Waals surface area (Å²) in [6.45, 7) is 5.88. The summed E-state index contributed by atoms with van der Waals surface area (Å²) < 4.78 is 0. The highest BCUT2D eigenvalue weighted by atomic mass is 14.9. The molecule has 2 aromatic heterocycles. The predicted molar refractivity (Wildman–Crippen MR) is 67.3 cm³/mol. The molecule has 0 saturated carbocycles. The molecular formula is C13H16N4. The zero-order valence-corrected chi connectivity index (χ0v) is 10.3. The Balaban J connectivity index is 2.49. The number of hydrogen-bond acceptors (Lipinski definition) is 4. The Morgan fingerprint density at radius 3 is 2.59 bits per heavy atom. The fourth-order valence-corrected chi connectivity index (χ4v) is 1.76. The molecule has 0 fully saturated rings. The topological polar surface area (TPSA) is 64.7 Å². The standard InChI is InChI=1S/C13H16N4/c1-8-5-4-6-15-12(8)13-16-7-11(9(2)14)10(3)17-13/h4-7,9H,14H2,1-3H3/t9-/m0/s1. The summed E-state index contributed by atoms with van der Waals surface area (Å²) in [6.07, 6.45) is 3.54. The molecule has 2 rings (SSSR count). The quantitative estimate of drug-likeness (QED) is 0.855. The van der Waals surface area contributed by atoms with Crippen LogP contribution >= 0.6 is 0 Å². The van der Waals surface area contributed by atoms with E-state index < -0.39 is 0 Å². The first-order valence-electron chi connectivity index (χ1n) is 5.60. The second-order valence-electron chi connectivity index (χ2n) is 4.19.